The summed E-state index contributed by atoms with van der Waals surface area (Å²) >= 11 is 0. The minimum atomic E-state index is -4.61. The molecule has 13 heteroatoms. The molecular weight excluding hydrogens is 837 g/mol. The van der Waals surface area contributed by atoms with Crippen LogP contribution in [0.1, 0.15) is 194 Å². The highest BCUT2D eigenvalue weighted by Crippen LogP contribution is 2.24. The highest BCUT2D eigenvalue weighted by atomic mass is 32.2. The van der Waals surface area contributed by atoms with Crippen LogP contribution < -0.4 is 0 Å². The van der Waals surface area contributed by atoms with Gasteiger partial charge in [0.05, 0.1) is 6.61 Å². The van der Waals surface area contributed by atoms with E-state index in [0.717, 1.165) is 89.9 Å². The van der Waals surface area contributed by atoms with E-state index in [1.54, 1.807) is 0 Å². The molecule has 6 unspecified atom stereocenters. The summed E-state index contributed by atoms with van der Waals surface area (Å²) < 4.78 is 54.2. The fraction of sp³-hybridized carbons (Fsp3) is 0.765. The average Bonchev–Trinajstić information content (AvgIpc) is 3.26. The molecule has 4 N–H and O–H groups in total. The van der Waals surface area contributed by atoms with Gasteiger partial charge < -0.3 is 34.3 Å². The molecular formula is C51H88O12S. The summed E-state index contributed by atoms with van der Waals surface area (Å²) in [6, 6.07) is 0. The Morgan fingerprint density at radius 3 is 1.39 bits per heavy atom. The molecule has 0 aromatic heterocycles. The minimum absolute atomic E-state index is 0.146. The van der Waals surface area contributed by atoms with Crippen LogP contribution >= 0.6 is 0 Å². The Hall–Kier alpha value is -2.65. The van der Waals surface area contributed by atoms with E-state index < -0.39 is 71.2 Å². The second kappa shape index (κ2) is 40.6. The van der Waals surface area contributed by atoms with Gasteiger partial charge in [-0.25, -0.2) is 0 Å². The second-order valence-corrected chi connectivity index (χ2v) is 18.6. The standard InChI is InChI=1S/C51H88O12S/c1-3-5-7-9-11-13-15-17-19-21-22-24-26-28-30-32-34-36-38-40-47(53)62-44(42-61-51-50(56)49(55)48(54)45(63-51)43-64(57,58)59)41-60-46(52)39-37-35-33-31-29-27-25-23-20-18-16-14-12-10-8-6-4-2/h11-14,17-20,22,24,44-45,48-51,54-56H,3-10,15-16,21,23,25-43H2,1-2H3,(H,57,58,59)/b13-11-,14-12-,19-17-,20-18-,24-22-. The van der Waals surface area contributed by atoms with Crippen LogP contribution in [0, 0.1) is 0 Å². The number of esters is 2. The Bertz CT molecular complexity index is 1410. The molecule has 1 saturated heterocycles. The molecule has 1 fully saturated rings. The maximum Gasteiger partial charge on any atom is 0.306 e. The summed E-state index contributed by atoms with van der Waals surface area (Å²) in [6.45, 7) is 3.70. The monoisotopic (exact) mass is 925 g/mol. The third-order valence-corrected chi connectivity index (χ3v) is 11.8. The molecule has 0 radical (unpaired) electrons. The van der Waals surface area contributed by atoms with Gasteiger partial charge in [0.25, 0.3) is 10.1 Å². The molecule has 0 aromatic rings. The van der Waals surface area contributed by atoms with E-state index in [1.165, 1.54) is 64.2 Å². The van der Waals surface area contributed by atoms with E-state index in [0.29, 0.717) is 12.8 Å². The molecule has 1 aliphatic rings. The summed E-state index contributed by atoms with van der Waals surface area (Å²) in [5.41, 5.74) is 0. The van der Waals surface area contributed by atoms with Crippen LogP contribution in [-0.4, -0.2) is 96.0 Å². The van der Waals surface area contributed by atoms with Gasteiger partial charge in [-0.3, -0.25) is 14.1 Å². The first-order valence-electron chi connectivity index (χ1n) is 24.8. The number of hydrogen-bond donors (Lipinski definition) is 4. The first-order valence-corrected chi connectivity index (χ1v) is 26.5. The fourth-order valence-electron chi connectivity index (χ4n) is 7.18. The van der Waals surface area contributed by atoms with Crippen LogP contribution in [0.15, 0.2) is 60.8 Å². The number of carbonyl (C=O) groups excluding carboxylic acids is 2. The third-order valence-electron chi connectivity index (χ3n) is 11.1. The lowest BCUT2D eigenvalue weighted by atomic mass is 10.00. The predicted molar refractivity (Wildman–Crippen MR) is 256 cm³/mol. The summed E-state index contributed by atoms with van der Waals surface area (Å²) in [7, 11) is -4.61. The van der Waals surface area contributed by atoms with E-state index >= 15 is 0 Å². The summed E-state index contributed by atoms with van der Waals surface area (Å²) in [5, 5.41) is 31.0. The van der Waals surface area contributed by atoms with Crippen molar-refractivity contribution in [1.82, 2.24) is 0 Å². The summed E-state index contributed by atoms with van der Waals surface area (Å²) in [6.07, 6.45) is 41.0. The second-order valence-electron chi connectivity index (χ2n) is 17.1. The Morgan fingerprint density at radius 2 is 0.938 bits per heavy atom. The lowest BCUT2D eigenvalue weighted by molar-refractivity contribution is -0.297. The molecule has 1 heterocycles. The first-order chi connectivity index (χ1) is 31.0. The Morgan fingerprint density at radius 1 is 0.531 bits per heavy atom. The molecule has 0 bridgehead atoms. The van der Waals surface area contributed by atoms with E-state index in [-0.39, 0.29) is 19.4 Å². The molecule has 12 nitrogen and oxygen atoms in total. The van der Waals surface area contributed by atoms with Gasteiger partial charge in [0.2, 0.25) is 0 Å². The molecule has 64 heavy (non-hydrogen) atoms. The zero-order valence-corrected chi connectivity index (χ0v) is 40.4. The zero-order chi connectivity index (χ0) is 46.9. The van der Waals surface area contributed by atoms with E-state index in [2.05, 4.69) is 74.6 Å². The highest BCUT2D eigenvalue weighted by molar-refractivity contribution is 7.85. The van der Waals surface area contributed by atoms with Crippen molar-refractivity contribution in [1.29, 1.82) is 0 Å². The minimum Gasteiger partial charge on any atom is -0.462 e. The molecule has 0 saturated carbocycles. The van der Waals surface area contributed by atoms with Crippen LogP contribution in [0.25, 0.3) is 0 Å². The molecule has 1 aliphatic heterocycles. The number of unbranched alkanes of at least 4 members (excludes halogenated alkanes) is 19. The van der Waals surface area contributed by atoms with Crippen LogP contribution in [0.2, 0.25) is 0 Å². The molecule has 0 spiro atoms. The van der Waals surface area contributed by atoms with Gasteiger partial charge in [-0.1, -0.05) is 158 Å². The molecule has 370 valence electrons. The van der Waals surface area contributed by atoms with Crippen LogP contribution in [-0.2, 0) is 38.7 Å². The zero-order valence-electron chi connectivity index (χ0n) is 39.6. The average molecular weight is 925 g/mol. The largest absolute Gasteiger partial charge is 0.462 e. The Kier molecular flexibility index (Phi) is 37.7. The number of rotatable bonds is 41. The van der Waals surface area contributed by atoms with Crippen molar-refractivity contribution in [2.24, 2.45) is 0 Å². The van der Waals surface area contributed by atoms with Crippen molar-refractivity contribution in [3.8, 4) is 0 Å². The lowest BCUT2D eigenvalue weighted by Gasteiger charge is -2.40. The van der Waals surface area contributed by atoms with Gasteiger partial charge in [-0.05, 0) is 83.5 Å². The molecule has 0 amide bonds. The van der Waals surface area contributed by atoms with E-state index in [4.69, 9.17) is 18.9 Å². The van der Waals surface area contributed by atoms with Crippen molar-refractivity contribution in [2.45, 2.75) is 230 Å². The number of allylic oxidation sites excluding steroid dienone is 10. The number of aliphatic hydroxyl groups excluding tert-OH is 3. The number of hydrogen-bond acceptors (Lipinski definition) is 11. The summed E-state index contributed by atoms with van der Waals surface area (Å²) in [5.74, 6) is -2.01. The smallest absolute Gasteiger partial charge is 0.306 e. The number of aliphatic hydroxyl groups is 3. The van der Waals surface area contributed by atoms with Crippen LogP contribution in [0.3, 0.4) is 0 Å². The van der Waals surface area contributed by atoms with Crippen molar-refractivity contribution in [2.75, 3.05) is 19.0 Å². The van der Waals surface area contributed by atoms with Crippen molar-refractivity contribution < 1.29 is 56.8 Å². The Balaban J connectivity index is 2.42. The predicted octanol–water partition coefficient (Wildman–Crippen LogP) is 10.9. The van der Waals surface area contributed by atoms with Crippen LogP contribution in [0.5, 0.6) is 0 Å². The molecule has 6 atom stereocenters. The van der Waals surface area contributed by atoms with Gasteiger partial charge in [0.1, 0.15) is 36.8 Å². The van der Waals surface area contributed by atoms with E-state index in [9.17, 15) is 37.9 Å². The van der Waals surface area contributed by atoms with E-state index in [1.807, 2.05) is 0 Å². The van der Waals surface area contributed by atoms with Crippen molar-refractivity contribution >= 4 is 22.1 Å². The molecule has 0 aromatic carbocycles. The highest BCUT2D eigenvalue weighted by Gasteiger charge is 2.46. The lowest BCUT2D eigenvalue weighted by Crippen LogP contribution is -2.60. The maximum absolute atomic E-state index is 12.9. The molecule has 0 aliphatic carbocycles. The normalized spacial score (nSPS) is 20.1. The van der Waals surface area contributed by atoms with Gasteiger partial charge in [0, 0.05) is 12.8 Å². The first kappa shape index (κ1) is 59.4. The maximum atomic E-state index is 12.9. The SMILES string of the molecule is CCCCC/C=C\C/C=C\C/C=C\CCCCCCCCC(=O)OC(COC(=O)CCCCCCCCC/C=C\C/C=C\CCCCC)COC1OC(CS(=O)(=O)O)C(O)C(O)C1O. The quantitative estimate of drug-likeness (QED) is 0.0197. The number of ether oxygens (including phenoxy) is 4. The van der Waals surface area contributed by atoms with Crippen molar-refractivity contribution in [3.05, 3.63) is 60.8 Å². The van der Waals surface area contributed by atoms with Gasteiger partial charge in [-0.2, -0.15) is 8.42 Å². The Labute approximate surface area is 387 Å². The van der Waals surface area contributed by atoms with Gasteiger partial charge in [-0.15, -0.1) is 0 Å². The summed E-state index contributed by atoms with van der Waals surface area (Å²) in [4.78, 5) is 25.5. The third kappa shape index (κ3) is 34.7. The van der Waals surface area contributed by atoms with Crippen LogP contribution in [0.4, 0.5) is 0 Å². The topological polar surface area (TPSA) is 186 Å². The van der Waals surface area contributed by atoms with Gasteiger partial charge >= 0.3 is 11.9 Å². The van der Waals surface area contributed by atoms with Crippen molar-refractivity contribution in [3.63, 3.8) is 0 Å². The fourth-order valence-corrected chi connectivity index (χ4v) is 7.87. The molecule has 1 rings (SSSR count). The number of carbonyl (C=O) groups is 2. The van der Waals surface area contributed by atoms with Gasteiger partial charge in [0.15, 0.2) is 12.4 Å².